The van der Waals surface area contributed by atoms with E-state index in [0.717, 1.165) is 43.6 Å². The van der Waals surface area contributed by atoms with Crippen molar-refractivity contribution in [2.24, 2.45) is 10.9 Å². The first-order chi connectivity index (χ1) is 10.2. The molecule has 0 saturated heterocycles. The Morgan fingerprint density at radius 2 is 2.05 bits per heavy atom. The highest BCUT2D eigenvalue weighted by molar-refractivity contribution is 6.30. The third-order valence-electron chi connectivity index (χ3n) is 4.83. The molecule has 0 atom stereocenters. The quantitative estimate of drug-likeness (QED) is 0.588. The molecule has 0 unspecified atom stereocenters. The summed E-state index contributed by atoms with van der Waals surface area (Å²) < 4.78 is 6.03. The SMILES string of the molecule is O=C=NC1(c2cc(Cl)ccc2OCC2CCC2)CCCC1. The number of halogens is 1. The molecule has 0 heterocycles. The van der Waals surface area contributed by atoms with Crippen molar-refractivity contribution >= 4 is 17.7 Å². The predicted octanol–water partition coefficient (Wildman–Crippen LogP) is 4.62. The van der Waals surface area contributed by atoms with Crippen LogP contribution in [0.3, 0.4) is 0 Å². The van der Waals surface area contributed by atoms with E-state index in [2.05, 4.69) is 4.99 Å². The summed E-state index contributed by atoms with van der Waals surface area (Å²) in [5.41, 5.74) is 0.469. The monoisotopic (exact) mass is 305 g/mol. The van der Waals surface area contributed by atoms with Gasteiger partial charge in [0, 0.05) is 10.6 Å². The lowest BCUT2D eigenvalue weighted by atomic mass is 9.86. The first-order valence-corrected chi connectivity index (χ1v) is 8.13. The molecule has 2 aliphatic rings. The molecule has 0 bridgehead atoms. The van der Waals surface area contributed by atoms with E-state index in [4.69, 9.17) is 16.3 Å². The van der Waals surface area contributed by atoms with E-state index in [1.807, 2.05) is 18.2 Å². The molecule has 21 heavy (non-hydrogen) atoms. The number of aliphatic imine (C=N–C) groups is 1. The number of ether oxygens (including phenoxy) is 1. The molecule has 112 valence electrons. The van der Waals surface area contributed by atoms with E-state index in [1.165, 1.54) is 19.3 Å². The number of carbonyl (C=O) groups excluding carboxylic acids is 1. The Labute approximate surface area is 130 Å². The molecule has 1 aromatic carbocycles. The maximum absolute atomic E-state index is 10.9. The first kappa shape index (κ1) is 14.6. The van der Waals surface area contributed by atoms with Gasteiger partial charge in [-0.1, -0.05) is 30.9 Å². The van der Waals surface area contributed by atoms with Gasteiger partial charge in [-0.15, -0.1) is 0 Å². The highest BCUT2D eigenvalue weighted by Gasteiger charge is 2.38. The van der Waals surface area contributed by atoms with Gasteiger partial charge in [0.2, 0.25) is 6.08 Å². The molecule has 0 radical (unpaired) electrons. The summed E-state index contributed by atoms with van der Waals surface area (Å²) in [5.74, 6) is 1.50. The molecule has 3 rings (SSSR count). The Kier molecular flexibility index (Phi) is 4.32. The summed E-state index contributed by atoms with van der Waals surface area (Å²) in [6.07, 6.45) is 9.43. The van der Waals surface area contributed by atoms with E-state index in [1.54, 1.807) is 6.08 Å². The van der Waals surface area contributed by atoms with Crippen LogP contribution >= 0.6 is 11.6 Å². The van der Waals surface area contributed by atoms with Gasteiger partial charge < -0.3 is 4.74 Å². The van der Waals surface area contributed by atoms with Gasteiger partial charge in [0.15, 0.2) is 0 Å². The highest BCUT2D eigenvalue weighted by Crippen LogP contribution is 2.46. The van der Waals surface area contributed by atoms with Crippen LogP contribution in [-0.4, -0.2) is 12.7 Å². The predicted molar refractivity (Wildman–Crippen MR) is 82.6 cm³/mol. The van der Waals surface area contributed by atoms with Gasteiger partial charge in [-0.3, -0.25) is 0 Å². The van der Waals surface area contributed by atoms with Crippen molar-refractivity contribution in [3.05, 3.63) is 28.8 Å². The van der Waals surface area contributed by atoms with E-state index >= 15 is 0 Å². The summed E-state index contributed by atoms with van der Waals surface area (Å²) in [7, 11) is 0. The fourth-order valence-electron chi connectivity index (χ4n) is 3.35. The van der Waals surface area contributed by atoms with Crippen molar-refractivity contribution in [1.82, 2.24) is 0 Å². The van der Waals surface area contributed by atoms with Crippen LogP contribution < -0.4 is 4.74 Å². The average molecular weight is 306 g/mol. The number of rotatable bonds is 5. The molecular formula is C17H20ClNO2. The van der Waals surface area contributed by atoms with Crippen LogP contribution in [0.2, 0.25) is 5.02 Å². The molecule has 0 aromatic heterocycles. The molecule has 1 aromatic rings. The highest BCUT2D eigenvalue weighted by atomic mass is 35.5. The topological polar surface area (TPSA) is 38.7 Å². The van der Waals surface area contributed by atoms with Crippen molar-refractivity contribution in [3.8, 4) is 5.75 Å². The second-order valence-electron chi connectivity index (χ2n) is 6.19. The molecular weight excluding hydrogens is 286 g/mol. The van der Waals surface area contributed by atoms with Crippen molar-refractivity contribution in [2.45, 2.75) is 50.5 Å². The lowest BCUT2D eigenvalue weighted by molar-refractivity contribution is 0.177. The number of isocyanates is 1. The van der Waals surface area contributed by atoms with Gasteiger partial charge in [0.25, 0.3) is 0 Å². The minimum atomic E-state index is -0.485. The Hall–Kier alpha value is -1.31. The lowest BCUT2D eigenvalue weighted by Crippen LogP contribution is -2.23. The summed E-state index contributed by atoms with van der Waals surface area (Å²) in [4.78, 5) is 15.0. The van der Waals surface area contributed by atoms with E-state index < -0.39 is 5.54 Å². The van der Waals surface area contributed by atoms with Gasteiger partial charge in [-0.25, -0.2) is 4.79 Å². The summed E-state index contributed by atoms with van der Waals surface area (Å²) in [5, 5.41) is 0.661. The van der Waals surface area contributed by atoms with Crippen LogP contribution in [0, 0.1) is 5.92 Å². The summed E-state index contributed by atoms with van der Waals surface area (Å²) in [6.45, 7) is 0.746. The van der Waals surface area contributed by atoms with Gasteiger partial charge in [0.05, 0.1) is 6.61 Å². The van der Waals surface area contributed by atoms with Gasteiger partial charge in [0.1, 0.15) is 11.3 Å². The number of hydrogen-bond acceptors (Lipinski definition) is 3. The van der Waals surface area contributed by atoms with Gasteiger partial charge in [-0.2, -0.15) is 4.99 Å². The zero-order valence-electron chi connectivity index (χ0n) is 12.1. The van der Waals surface area contributed by atoms with Crippen molar-refractivity contribution < 1.29 is 9.53 Å². The minimum Gasteiger partial charge on any atom is -0.493 e. The zero-order chi connectivity index (χ0) is 14.7. The van der Waals surface area contributed by atoms with Crippen LogP contribution in [0.5, 0.6) is 5.75 Å². The normalized spacial score (nSPS) is 20.6. The van der Waals surface area contributed by atoms with Crippen LogP contribution in [0.4, 0.5) is 0 Å². The van der Waals surface area contributed by atoms with Crippen LogP contribution in [0.1, 0.15) is 50.5 Å². The second kappa shape index (κ2) is 6.21. The first-order valence-electron chi connectivity index (χ1n) is 7.75. The Balaban J connectivity index is 1.90. The standard InChI is InChI=1S/C17H20ClNO2/c18-14-6-7-16(21-11-13-4-3-5-13)15(10-14)17(19-12-20)8-1-2-9-17/h6-7,10,13H,1-5,8-9,11H2. The maximum atomic E-state index is 10.9. The number of benzene rings is 1. The molecule has 4 heteroatoms. The Morgan fingerprint density at radius 3 is 2.67 bits per heavy atom. The smallest absolute Gasteiger partial charge is 0.235 e. The maximum Gasteiger partial charge on any atom is 0.235 e. The van der Waals surface area contributed by atoms with Gasteiger partial charge in [-0.05, 0) is 49.8 Å². The van der Waals surface area contributed by atoms with Crippen molar-refractivity contribution in [3.63, 3.8) is 0 Å². The third kappa shape index (κ3) is 3.00. The molecule has 0 N–H and O–H groups in total. The number of hydrogen-bond donors (Lipinski definition) is 0. The van der Waals surface area contributed by atoms with Crippen LogP contribution in [-0.2, 0) is 10.3 Å². The van der Waals surface area contributed by atoms with Crippen LogP contribution in [0.25, 0.3) is 0 Å². The number of nitrogens with zero attached hydrogens (tertiary/aromatic N) is 1. The summed E-state index contributed by atoms with van der Waals surface area (Å²) >= 11 is 6.16. The van der Waals surface area contributed by atoms with E-state index in [9.17, 15) is 4.79 Å². The van der Waals surface area contributed by atoms with E-state index in [-0.39, 0.29) is 0 Å². The van der Waals surface area contributed by atoms with E-state index in [0.29, 0.717) is 10.9 Å². The molecule has 0 amide bonds. The van der Waals surface area contributed by atoms with Crippen molar-refractivity contribution in [2.75, 3.05) is 6.61 Å². The molecule has 0 spiro atoms. The average Bonchev–Trinajstić information content (AvgIpc) is 2.88. The molecule has 2 fully saturated rings. The zero-order valence-corrected chi connectivity index (χ0v) is 12.9. The lowest BCUT2D eigenvalue weighted by Gasteiger charge is -2.29. The fraction of sp³-hybridized carbons (Fsp3) is 0.588. The minimum absolute atomic E-state index is 0.485. The fourth-order valence-corrected chi connectivity index (χ4v) is 3.52. The molecule has 2 aliphatic carbocycles. The van der Waals surface area contributed by atoms with Crippen LogP contribution in [0.15, 0.2) is 23.2 Å². The molecule has 0 aliphatic heterocycles. The Bertz CT molecular complexity index is 556. The molecule has 2 saturated carbocycles. The summed E-state index contributed by atoms with van der Waals surface area (Å²) in [6, 6.07) is 5.66. The Morgan fingerprint density at radius 1 is 1.29 bits per heavy atom. The van der Waals surface area contributed by atoms with Gasteiger partial charge >= 0.3 is 0 Å². The molecule has 3 nitrogen and oxygen atoms in total. The second-order valence-corrected chi connectivity index (χ2v) is 6.63. The third-order valence-corrected chi connectivity index (χ3v) is 5.07. The largest absolute Gasteiger partial charge is 0.493 e. The van der Waals surface area contributed by atoms with Crippen molar-refractivity contribution in [1.29, 1.82) is 0 Å².